The molecule has 0 aromatic heterocycles. The molecule has 0 atom stereocenters. The molecule has 0 unspecified atom stereocenters. The van der Waals surface area contributed by atoms with Crippen LogP contribution in [-0.2, 0) is 10.0 Å². The van der Waals surface area contributed by atoms with Gasteiger partial charge in [0.25, 0.3) is 10.0 Å². The Morgan fingerprint density at radius 2 is 1.67 bits per heavy atom. The lowest BCUT2D eigenvalue weighted by atomic mass is 10.0. The smallest absolute Gasteiger partial charge is 0.263 e. The molecular weight excluding hydrogens is 409 g/mol. The molecule has 0 amide bonds. The van der Waals surface area contributed by atoms with E-state index in [0.717, 1.165) is 11.6 Å². The Morgan fingerprint density at radius 3 is 2.33 bits per heavy atom. The quantitative estimate of drug-likeness (QED) is 0.592. The predicted molar refractivity (Wildman–Crippen MR) is 107 cm³/mol. The lowest BCUT2D eigenvalue weighted by Gasteiger charge is -2.15. The first kappa shape index (κ1) is 19.4. The summed E-state index contributed by atoms with van der Waals surface area (Å²) in [4.78, 5) is -0.284. The monoisotopic (exact) mass is 423 g/mol. The van der Waals surface area contributed by atoms with Gasteiger partial charge in [-0.2, -0.15) is 0 Å². The number of anilines is 1. The highest BCUT2D eigenvalue weighted by molar-refractivity contribution is 7.92. The number of halogens is 2. The van der Waals surface area contributed by atoms with E-state index in [0.29, 0.717) is 17.0 Å². The highest BCUT2D eigenvalue weighted by Gasteiger charge is 2.22. The summed E-state index contributed by atoms with van der Waals surface area (Å²) in [5, 5.41) is 9.63. The van der Waals surface area contributed by atoms with Gasteiger partial charge in [0.1, 0.15) is 16.4 Å². The fraction of sp³-hybridized carbons (Fsp3) is 0.0526. The largest absolute Gasteiger partial charge is 0.506 e. The molecule has 0 saturated heterocycles. The number of benzene rings is 3. The van der Waals surface area contributed by atoms with Crippen LogP contribution in [-0.4, -0.2) is 20.6 Å². The molecule has 8 heteroatoms. The molecular formula is C19H15Cl2NO4S. The second-order valence-corrected chi connectivity index (χ2v) is 8.08. The lowest BCUT2D eigenvalue weighted by molar-refractivity contribution is 0.415. The fourth-order valence-corrected chi connectivity index (χ4v) is 4.37. The number of sulfonamides is 1. The van der Waals surface area contributed by atoms with Crippen molar-refractivity contribution in [2.75, 3.05) is 11.8 Å². The Labute approximate surface area is 167 Å². The normalized spacial score (nSPS) is 11.2. The van der Waals surface area contributed by atoms with Gasteiger partial charge in [0.05, 0.1) is 22.8 Å². The molecule has 0 saturated carbocycles. The van der Waals surface area contributed by atoms with Crippen LogP contribution in [0, 0.1) is 0 Å². The molecule has 0 aliphatic carbocycles. The average molecular weight is 424 g/mol. The highest BCUT2D eigenvalue weighted by Crippen LogP contribution is 2.36. The summed E-state index contributed by atoms with van der Waals surface area (Å²) >= 11 is 11.8. The summed E-state index contributed by atoms with van der Waals surface area (Å²) in [6.07, 6.45) is 0. The zero-order valence-corrected chi connectivity index (χ0v) is 16.4. The molecule has 0 fully saturated rings. The van der Waals surface area contributed by atoms with E-state index < -0.39 is 10.0 Å². The molecule has 3 aromatic rings. The van der Waals surface area contributed by atoms with E-state index in [4.69, 9.17) is 27.9 Å². The third kappa shape index (κ3) is 4.13. The van der Waals surface area contributed by atoms with Crippen molar-refractivity contribution in [3.05, 3.63) is 70.7 Å². The molecule has 3 rings (SSSR count). The van der Waals surface area contributed by atoms with Crippen LogP contribution in [0.1, 0.15) is 0 Å². The third-order valence-electron chi connectivity index (χ3n) is 3.85. The first-order valence-electron chi connectivity index (χ1n) is 7.76. The van der Waals surface area contributed by atoms with Gasteiger partial charge < -0.3 is 9.84 Å². The van der Waals surface area contributed by atoms with Gasteiger partial charge in [-0.1, -0.05) is 53.5 Å². The maximum Gasteiger partial charge on any atom is 0.263 e. The van der Waals surface area contributed by atoms with Gasteiger partial charge in [-0.25, -0.2) is 8.42 Å². The van der Waals surface area contributed by atoms with Gasteiger partial charge in [-0.05, 0) is 23.8 Å². The summed E-state index contributed by atoms with van der Waals surface area (Å²) in [5.74, 6) is 0.104. The number of methoxy groups -OCH3 is 1. The molecule has 0 radical (unpaired) electrons. The maximum atomic E-state index is 12.9. The van der Waals surface area contributed by atoms with Crippen molar-refractivity contribution in [3.8, 4) is 22.6 Å². The molecule has 5 nitrogen and oxygen atoms in total. The number of phenolic OH excluding ortho intramolecular Hbond substituents is 1. The van der Waals surface area contributed by atoms with Crippen molar-refractivity contribution >= 4 is 38.9 Å². The molecule has 0 aliphatic rings. The van der Waals surface area contributed by atoms with E-state index in [1.54, 1.807) is 18.2 Å². The molecule has 0 spiro atoms. The van der Waals surface area contributed by atoms with Gasteiger partial charge in [0.2, 0.25) is 0 Å². The Morgan fingerprint density at radius 1 is 0.963 bits per heavy atom. The number of aromatic hydroxyl groups is 1. The minimum Gasteiger partial charge on any atom is -0.506 e. The van der Waals surface area contributed by atoms with Gasteiger partial charge in [-0.3, -0.25) is 4.72 Å². The van der Waals surface area contributed by atoms with E-state index in [1.807, 2.05) is 30.3 Å². The first-order valence-corrected chi connectivity index (χ1v) is 10.00. The minimum atomic E-state index is -4.09. The Bertz CT molecular complexity index is 1090. The molecule has 0 bridgehead atoms. The second-order valence-electron chi connectivity index (χ2n) is 5.62. The Hall–Kier alpha value is -2.41. The fourth-order valence-electron chi connectivity index (χ4n) is 2.53. The van der Waals surface area contributed by atoms with E-state index in [9.17, 15) is 13.5 Å². The van der Waals surface area contributed by atoms with Crippen LogP contribution in [0.4, 0.5) is 5.69 Å². The van der Waals surface area contributed by atoms with E-state index in [1.165, 1.54) is 13.2 Å². The zero-order valence-electron chi connectivity index (χ0n) is 14.1. The van der Waals surface area contributed by atoms with Crippen LogP contribution in [0.15, 0.2) is 65.6 Å². The predicted octanol–water partition coefficient (Wildman–Crippen LogP) is 5.18. The topological polar surface area (TPSA) is 75.6 Å². The van der Waals surface area contributed by atoms with Crippen molar-refractivity contribution in [1.82, 2.24) is 0 Å². The van der Waals surface area contributed by atoms with Crippen molar-refractivity contribution in [2.45, 2.75) is 4.90 Å². The summed E-state index contributed by atoms with van der Waals surface area (Å²) in [6, 6.07) is 16.6. The number of hydrogen-bond acceptors (Lipinski definition) is 4. The summed E-state index contributed by atoms with van der Waals surface area (Å²) in [7, 11) is -2.60. The van der Waals surface area contributed by atoms with Crippen LogP contribution in [0.5, 0.6) is 11.5 Å². The molecule has 27 heavy (non-hydrogen) atoms. The lowest BCUT2D eigenvalue weighted by Crippen LogP contribution is -2.14. The van der Waals surface area contributed by atoms with Gasteiger partial charge in [0.15, 0.2) is 0 Å². The summed E-state index contributed by atoms with van der Waals surface area (Å²) in [5.41, 5.74) is 1.79. The zero-order chi connectivity index (χ0) is 19.6. The molecule has 0 heterocycles. The van der Waals surface area contributed by atoms with Crippen LogP contribution in [0.2, 0.25) is 10.0 Å². The van der Waals surface area contributed by atoms with Gasteiger partial charge >= 0.3 is 0 Å². The summed E-state index contributed by atoms with van der Waals surface area (Å²) < 4.78 is 33.5. The Kier molecular flexibility index (Phi) is 5.51. The average Bonchev–Trinajstić information content (AvgIpc) is 2.65. The van der Waals surface area contributed by atoms with E-state index in [2.05, 4.69) is 4.72 Å². The second kappa shape index (κ2) is 7.68. The number of ether oxygens (including phenoxy) is 1. The van der Waals surface area contributed by atoms with Crippen LogP contribution in [0.25, 0.3) is 11.1 Å². The summed E-state index contributed by atoms with van der Waals surface area (Å²) in [6.45, 7) is 0. The number of nitrogens with one attached hydrogen (secondary N) is 1. The molecule has 0 aliphatic heterocycles. The Balaban J connectivity index is 2.10. The van der Waals surface area contributed by atoms with Crippen molar-refractivity contribution in [1.29, 1.82) is 0 Å². The van der Waals surface area contributed by atoms with E-state index >= 15 is 0 Å². The SMILES string of the molecule is COc1ccc(-c2ccccc2)c(NS(=O)(=O)c2cc(O)c(Cl)cc2Cl)c1. The maximum absolute atomic E-state index is 12.9. The van der Waals surface area contributed by atoms with E-state index in [-0.39, 0.29) is 20.7 Å². The number of rotatable bonds is 5. The van der Waals surface area contributed by atoms with Gasteiger partial charge in [-0.15, -0.1) is 0 Å². The number of phenols is 1. The minimum absolute atomic E-state index is 0.0368. The molecule has 2 N–H and O–H groups in total. The number of hydrogen-bond donors (Lipinski definition) is 2. The van der Waals surface area contributed by atoms with Crippen LogP contribution < -0.4 is 9.46 Å². The van der Waals surface area contributed by atoms with Crippen molar-refractivity contribution in [3.63, 3.8) is 0 Å². The van der Waals surface area contributed by atoms with Gasteiger partial charge in [0, 0.05) is 17.7 Å². The first-order chi connectivity index (χ1) is 12.8. The standard InChI is InChI=1S/C19H15Cl2NO4S/c1-26-13-7-8-14(12-5-3-2-4-6-12)17(9-13)22-27(24,25)19-11-18(23)15(20)10-16(19)21/h2-11,22-23H,1H3. The van der Waals surface area contributed by atoms with Crippen LogP contribution in [0.3, 0.4) is 0 Å². The highest BCUT2D eigenvalue weighted by atomic mass is 35.5. The molecule has 3 aromatic carbocycles. The van der Waals surface area contributed by atoms with Crippen molar-refractivity contribution in [2.24, 2.45) is 0 Å². The molecule has 140 valence electrons. The third-order valence-corrected chi connectivity index (χ3v) is 5.98. The van der Waals surface area contributed by atoms with Crippen molar-refractivity contribution < 1.29 is 18.3 Å². The van der Waals surface area contributed by atoms with Crippen LogP contribution >= 0.6 is 23.2 Å².